The van der Waals surface area contributed by atoms with Crippen molar-refractivity contribution in [3.8, 4) is 17.0 Å². The van der Waals surface area contributed by atoms with Gasteiger partial charge in [-0.1, -0.05) is 0 Å². The molecule has 0 unspecified atom stereocenters. The average Bonchev–Trinajstić information content (AvgIpc) is 3.11. The number of nitrogens with zero attached hydrogens (tertiary/aromatic N) is 1. The molecule has 3 rings (SSSR count). The summed E-state index contributed by atoms with van der Waals surface area (Å²) in [5, 5.41) is 6.08. The normalized spacial score (nSPS) is 10.5. The number of carbonyl (C=O) groups excluding carboxylic acids is 2. The number of rotatable bonds is 8. The molecule has 0 saturated carbocycles. The van der Waals surface area contributed by atoms with Crippen LogP contribution in [0.2, 0.25) is 0 Å². The van der Waals surface area contributed by atoms with E-state index in [9.17, 15) is 14.0 Å². The maximum atomic E-state index is 13.1. The van der Waals surface area contributed by atoms with Gasteiger partial charge in [-0.15, -0.1) is 11.3 Å². The van der Waals surface area contributed by atoms with Gasteiger partial charge < -0.3 is 15.4 Å². The van der Waals surface area contributed by atoms with E-state index in [0.717, 1.165) is 16.1 Å². The van der Waals surface area contributed by atoms with E-state index in [1.807, 2.05) is 6.92 Å². The molecule has 1 aromatic heterocycles. The van der Waals surface area contributed by atoms with Gasteiger partial charge in [0, 0.05) is 29.0 Å². The van der Waals surface area contributed by atoms with E-state index < -0.39 is 0 Å². The van der Waals surface area contributed by atoms with Gasteiger partial charge in [-0.25, -0.2) is 9.37 Å². The average molecular weight is 428 g/mol. The van der Waals surface area contributed by atoms with Crippen LogP contribution in [0.4, 0.5) is 9.52 Å². The fourth-order valence-electron chi connectivity index (χ4n) is 2.80. The third kappa shape index (κ3) is 5.64. The third-order valence-corrected chi connectivity index (χ3v) is 5.27. The van der Waals surface area contributed by atoms with Crippen LogP contribution in [-0.2, 0) is 4.79 Å². The summed E-state index contributed by atoms with van der Waals surface area (Å²) in [4.78, 5) is 29.6. The monoisotopic (exact) mass is 427 g/mol. The molecule has 2 amide bonds. The predicted molar refractivity (Wildman–Crippen MR) is 115 cm³/mol. The first-order valence-electron chi connectivity index (χ1n) is 9.41. The molecular weight excluding hydrogens is 405 g/mol. The third-order valence-electron chi connectivity index (χ3n) is 4.38. The number of anilines is 1. The lowest BCUT2D eigenvalue weighted by molar-refractivity contribution is -0.116. The number of halogens is 1. The fourth-order valence-corrected chi connectivity index (χ4v) is 3.65. The number of aromatic nitrogens is 1. The first-order chi connectivity index (χ1) is 14.5. The second-order valence-electron chi connectivity index (χ2n) is 6.57. The summed E-state index contributed by atoms with van der Waals surface area (Å²) in [5.74, 6) is 0.00752. The van der Waals surface area contributed by atoms with Gasteiger partial charge in [0.2, 0.25) is 5.91 Å². The fraction of sp³-hybridized carbons (Fsp3) is 0.227. The van der Waals surface area contributed by atoms with Crippen LogP contribution in [0.25, 0.3) is 11.3 Å². The summed E-state index contributed by atoms with van der Waals surface area (Å²) in [7, 11) is 1.57. The van der Waals surface area contributed by atoms with Crippen molar-refractivity contribution >= 4 is 28.3 Å². The number of aryl methyl sites for hydroxylation is 1. The summed E-state index contributed by atoms with van der Waals surface area (Å²) < 4.78 is 18.2. The Morgan fingerprint density at radius 2 is 1.80 bits per heavy atom. The predicted octanol–water partition coefficient (Wildman–Crippen LogP) is 4.41. The molecule has 30 heavy (non-hydrogen) atoms. The largest absolute Gasteiger partial charge is 0.497 e. The first kappa shape index (κ1) is 21.4. The maximum Gasteiger partial charge on any atom is 0.251 e. The first-order valence-corrected chi connectivity index (χ1v) is 10.2. The van der Waals surface area contributed by atoms with Crippen molar-refractivity contribution in [3.05, 3.63) is 64.8 Å². The van der Waals surface area contributed by atoms with Gasteiger partial charge in [-0.2, -0.15) is 0 Å². The molecule has 0 saturated heterocycles. The van der Waals surface area contributed by atoms with Crippen LogP contribution >= 0.6 is 11.3 Å². The van der Waals surface area contributed by atoms with Crippen molar-refractivity contribution in [2.45, 2.75) is 19.8 Å². The molecule has 8 heteroatoms. The number of carbonyl (C=O) groups is 2. The number of benzene rings is 2. The number of amides is 2. The van der Waals surface area contributed by atoms with Crippen LogP contribution in [0, 0.1) is 12.7 Å². The minimum atomic E-state index is -0.306. The summed E-state index contributed by atoms with van der Waals surface area (Å²) in [6.45, 7) is 2.29. The number of nitrogens with one attached hydrogen (secondary N) is 2. The van der Waals surface area contributed by atoms with Gasteiger partial charge in [-0.3, -0.25) is 9.59 Å². The van der Waals surface area contributed by atoms with E-state index in [1.54, 1.807) is 43.5 Å². The highest BCUT2D eigenvalue weighted by Crippen LogP contribution is 2.30. The summed E-state index contributed by atoms with van der Waals surface area (Å²) >= 11 is 1.37. The van der Waals surface area contributed by atoms with E-state index in [2.05, 4.69) is 15.6 Å². The minimum absolute atomic E-state index is 0.173. The number of hydrogen-bond donors (Lipinski definition) is 2. The molecule has 0 aliphatic carbocycles. The standard InChI is InChI=1S/C22H22FN3O3S/c1-14-20(15-5-9-17(23)10-6-15)26-22(30-14)25-19(27)4-3-13-24-21(28)16-7-11-18(29-2)12-8-16/h5-12H,3-4,13H2,1-2H3,(H,24,28)(H,25,26,27). The van der Waals surface area contributed by atoms with Gasteiger partial charge in [0.15, 0.2) is 5.13 Å². The Balaban J connectivity index is 1.45. The molecule has 3 aromatic rings. The highest BCUT2D eigenvalue weighted by atomic mass is 32.1. The SMILES string of the molecule is COc1ccc(C(=O)NCCCC(=O)Nc2nc(-c3ccc(F)cc3)c(C)s2)cc1. The van der Waals surface area contributed by atoms with Crippen molar-refractivity contribution in [1.29, 1.82) is 0 Å². The lowest BCUT2D eigenvalue weighted by Crippen LogP contribution is -2.25. The van der Waals surface area contributed by atoms with Gasteiger partial charge in [0.1, 0.15) is 11.6 Å². The number of thiazole rings is 1. The van der Waals surface area contributed by atoms with E-state index in [1.165, 1.54) is 23.5 Å². The molecule has 2 N–H and O–H groups in total. The van der Waals surface area contributed by atoms with E-state index >= 15 is 0 Å². The van der Waals surface area contributed by atoms with E-state index in [4.69, 9.17) is 4.74 Å². The van der Waals surface area contributed by atoms with Crippen LogP contribution in [0.1, 0.15) is 28.1 Å². The molecule has 6 nitrogen and oxygen atoms in total. The van der Waals surface area contributed by atoms with Gasteiger partial charge >= 0.3 is 0 Å². The zero-order valence-electron chi connectivity index (χ0n) is 16.7. The van der Waals surface area contributed by atoms with Crippen LogP contribution in [-0.4, -0.2) is 30.5 Å². The quantitative estimate of drug-likeness (QED) is 0.522. The highest BCUT2D eigenvalue weighted by molar-refractivity contribution is 7.16. The number of methoxy groups -OCH3 is 1. The zero-order chi connectivity index (χ0) is 21.5. The second kappa shape index (κ2) is 9.98. The van der Waals surface area contributed by atoms with Crippen LogP contribution in [0.3, 0.4) is 0 Å². The summed E-state index contributed by atoms with van der Waals surface area (Å²) in [5.41, 5.74) is 2.06. The topological polar surface area (TPSA) is 80.3 Å². The van der Waals surface area contributed by atoms with Crippen molar-refractivity contribution in [1.82, 2.24) is 10.3 Å². The molecule has 1 heterocycles. The molecule has 0 bridgehead atoms. The second-order valence-corrected chi connectivity index (χ2v) is 7.77. The molecule has 0 spiro atoms. The van der Waals surface area contributed by atoms with E-state index in [0.29, 0.717) is 29.4 Å². The molecule has 0 fully saturated rings. The molecule has 156 valence electrons. The van der Waals surface area contributed by atoms with Crippen molar-refractivity contribution < 1.29 is 18.7 Å². The van der Waals surface area contributed by atoms with Crippen molar-refractivity contribution in [2.24, 2.45) is 0 Å². The van der Waals surface area contributed by atoms with Gasteiger partial charge in [0.25, 0.3) is 5.91 Å². The molecular formula is C22H22FN3O3S. The minimum Gasteiger partial charge on any atom is -0.497 e. The number of hydrogen-bond acceptors (Lipinski definition) is 5. The molecule has 0 radical (unpaired) electrons. The van der Waals surface area contributed by atoms with Crippen LogP contribution < -0.4 is 15.4 Å². The Morgan fingerprint density at radius 1 is 1.10 bits per heavy atom. The lowest BCUT2D eigenvalue weighted by Gasteiger charge is -2.06. The smallest absolute Gasteiger partial charge is 0.251 e. The van der Waals surface area contributed by atoms with Crippen molar-refractivity contribution in [3.63, 3.8) is 0 Å². The Labute approximate surface area is 178 Å². The van der Waals surface area contributed by atoms with E-state index in [-0.39, 0.29) is 24.1 Å². The Bertz CT molecular complexity index is 1020. The lowest BCUT2D eigenvalue weighted by atomic mass is 10.1. The molecule has 2 aromatic carbocycles. The molecule has 0 atom stereocenters. The maximum absolute atomic E-state index is 13.1. The highest BCUT2D eigenvalue weighted by Gasteiger charge is 2.12. The van der Waals surface area contributed by atoms with Crippen LogP contribution in [0.5, 0.6) is 5.75 Å². The zero-order valence-corrected chi connectivity index (χ0v) is 17.5. The van der Waals surface area contributed by atoms with Crippen LogP contribution in [0.15, 0.2) is 48.5 Å². The summed E-state index contributed by atoms with van der Waals surface area (Å²) in [6.07, 6.45) is 0.760. The molecule has 0 aliphatic heterocycles. The summed E-state index contributed by atoms with van der Waals surface area (Å²) in [6, 6.07) is 12.9. The molecule has 0 aliphatic rings. The Kier molecular flexibility index (Phi) is 7.13. The van der Waals surface area contributed by atoms with Crippen molar-refractivity contribution in [2.75, 3.05) is 19.0 Å². The Morgan fingerprint density at radius 3 is 2.47 bits per heavy atom. The van der Waals surface area contributed by atoms with Gasteiger partial charge in [-0.05, 0) is 61.9 Å². The number of ether oxygens (including phenoxy) is 1. The Hall–Kier alpha value is -3.26. The van der Waals surface area contributed by atoms with Gasteiger partial charge in [0.05, 0.1) is 12.8 Å².